The van der Waals surface area contributed by atoms with Crippen LogP contribution in [0.4, 0.5) is 0 Å². The number of carbonyl (C=O) groups is 2. The summed E-state index contributed by atoms with van der Waals surface area (Å²) in [5.74, 6) is -0.0813. The Morgan fingerprint density at radius 2 is 0.714 bits per heavy atom. The molecular weight excluding hydrogens is 863 g/mol. The van der Waals surface area contributed by atoms with Crippen LogP contribution in [0.2, 0.25) is 0 Å². The summed E-state index contributed by atoms with van der Waals surface area (Å²) in [5, 5.41) is 23.0. The number of unbranched alkanes of at least 4 members (excludes halogenated alkanes) is 37. The number of allylic oxidation sites excluding steroid dienone is 9. The topological polar surface area (TPSA) is 95.9 Å². The van der Waals surface area contributed by atoms with Crippen LogP contribution in [0.3, 0.4) is 0 Å². The number of rotatable bonds is 56. The summed E-state index contributed by atoms with van der Waals surface area (Å²) in [5.41, 5.74) is 0. The maximum atomic E-state index is 12.4. The number of amides is 1. The number of esters is 1. The Kier molecular flexibility index (Phi) is 57.1. The SMILES string of the molecule is CCCCCC/C=C\C/C=C\CCCCCCCC(=O)OCCCCCCCCCCC/C=C\C/C=C\CCCCCCCCCCCC(=O)NC(CO)C(O)/C=C/CCCCCCCCCCCC. The maximum absolute atomic E-state index is 12.4. The fourth-order valence-electron chi connectivity index (χ4n) is 9.05. The van der Waals surface area contributed by atoms with E-state index < -0.39 is 12.1 Å². The summed E-state index contributed by atoms with van der Waals surface area (Å²) >= 11 is 0. The van der Waals surface area contributed by atoms with Gasteiger partial charge in [0, 0.05) is 12.8 Å². The minimum atomic E-state index is -0.848. The Balaban J connectivity index is 3.45. The first-order valence-electron chi connectivity index (χ1n) is 30.6. The van der Waals surface area contributed by atoms with Gasteiger partial charge >= 0.3 is 5.97 Å². The van der Waals surface area contributed by atoms with Gasteiger partial charge in [-0.2, -0.15) is 0 Å². The van der Waals surface area contributed by atoms with Crippen LogP contribution in [0, 0.1) is 0 Å². The van der Waals surface area contributed by atoms with Crippen molar-refractivity contribution < 1.29 is 24.5 Å². The lowest BCUT2D eigenvalue weighted by Gasteiger charge is -2.20. The number of nitrogens with one attached hydrogen (secondary N) is 1. The van der Waals surface area contributed by atoms with Crippen LogP contribution in [0.1, 0.15) is 309 Å². The standard InChI is InChI=1S/C64H117NO5/c1-3-5-7-9-11-13-15-17-18-31-34-38-42-46-50-54-58-64(69)70-59-55-51-47-43-39-35-32-29-27-25-23-21-19-20-22-24-26-28-30-33-37-41-45-49-53-57-63(68)65-61(60-66)62(67)56-52-48-44-40-36-16-14-12-10-8-6-4-2/h13,15,18,20-23,31,52,56,61-62,66-67H,3-12,14,16-17,19,24-30,32-51,53-55,57-60H2,1-2H3,(H,65,68)/b15-13-,22-20-,23-21-,31-18-,56-52+. The molecule has 0 aromatic rings. The molecule has 0 heterocycles. The van der Waals surface area contributed by atoms with Gasteiger partial charge in [-0.15, -0.1) is 0 Å². The smallest absolute Gasteiger partial charge is 0.305 e. The molecule has 0 aromatic heterocycles. The van der Waals surface area contributed by atoms with Crippen molar-refractivity contribution in [2.75, 3.05) is 13.2 Å². The minimum absolute atomic E-state index is 0.00565. The molecule has 0 rings (SSSR count). The fourth-order valence-corrected chi connectivity index (χ4v) is 9.05. The average Bonchev–Trinajstić information content (AvgIpc) is 3.36. The Bertz CT molecular complexity index is 1220. The summed E-state index contributed by atoms with van der Waals surface area (Å²) in [6.07, 6.45) is 76.9. The highest BCUT2D eigenvalue weighted by atomic mass is 16.5. The van der Waals surface area contributed by atoms with Gasteiger partial charge in [0.2, 0.25) is 5.91 Å². The molecule has 0 aliphatic heterocycles. The van der Waals surface area contributed by atoms with E-state index in [1.54, 1.807) is 6.08 Å². The number of hydrogen-bond acceptors (Lipinski definition) is 5. The highest BCUT2D eigenvalue weighted by molar-refractivity contribution is 5.76. The highest BCUT2D eigenvalue weighted by Crippen LogP contribution is 2.16. The van der Waals surface area contributed by atoms with Gasteiger partial charge in [-0.25, -0.2) is 0 Å². The Hall–Kier alpha value is -2.44. The predicted octanol–water partition coefficient (Wildman–Crippen LogP) is 19.1. The van der Waals surface area contributed by atoms with Gasteiger partial charge in [0.25, 0.3) is 0 Å². The van der Waals surface area contributed by atoms with E-state index in [-0.39, 0.29) is 18.5 Å². The van der Waals surface area contributed by atoms with Crippen LogP contribution in [-0.4, -0.2) is 47.4 Å². The van der Waals surface area contributed by atoms with Crippen LogP contribution >= 0.6 is 0 Å². The van der Waals surface area contributed by atoms with Crippen molar-refractivity contribution in [3.8, 4) is 0 Å². The van der Waals surface area contributed by atoms with Gasteiger partial charge in [0.15, 0.2) is 0 Å². The van der Waals surface area contributed by atoms with E-state index in [0.717, 1.165) is 57.8 Å². The molecule has 2 unspecified atom stereocenters. The number of aliphatic hydroxyl groups is 2. The molecule has 6 nitrogen and oxygen atoms in total. The van der Waals surface area contributed by atoms with E-state index in [0.29, 0.717) is 19.4 Å². The third kappa shape index (κ3) is 54.9. The molecule has 0 saturated carbocycles. The van der Waals surface area contributed by atoms with Gasteiger partial charge in [-0.3, -0.25) is 9.59 Å². The second-order valence-corrected chi connectivity index (χ2v) is 20.7. The lowest BCUT2D eigenvalue weighted by atomic mass is 10.0. The second-order valence-electron chi connectivity index (χ2n) is 20.7. The molecule has 0 saturated heterocycles. The van der Waals surface area contributed by atoms with Crippen molar-refractivity contribution in [1.82, 2.24) is 5.32 Å². The summed E-state index contributed by atoms with van der Waals surface area (Å²) in [6, 6.07) is -0.633. The van der Waals surface area contributed by atoms with E-state index in [4.69, 9.17) is 4.74 Å². The van der Waals surface area contributed by atoms with Crippen molar-refractivity contribution in [3.05, 3.63) is 60.8 Å². The number of aliphatic hydroxyl groups excluding tert-OH is 2. The van der Waals surface area contributed by atoms with E-state index in [2.05, 4.69) is 67.8 Å². The molecule has 408 valence electrons. The molecule has 0 bridgehead atoms. The second kappa shape index (κ2) is 59.1. The van der Waals surface area contributed by atoms with Crippen molar-refractivity contribution >= 4 is 11.9 Å². The van der Waals surface area contributed by atoms with Crippen molar-refractivity contribution in [1.29, 1.82) is 0 Å². The molecule has 0 spiro atoms. The Morgan fingerprint density at radius 1 is 0.400 bits per heavy atom. The van der Waals surface area contributed by atoms with E-state index >= 15 is 0 Å². The number of hydrogen-bond donors (Lipinski definition) is 3. The summed E-state index contributed by atoms with van der Waals surface area (Å²) in [4.78, 5) is 24.5. The normalized spacial score (nSPS) is 13.0. The molecule has 0 radical (unpaired) electrons. The van der Waals surface area contributed by atoms with E-state index in [1.807, 2.05) is 6.08 Å². The van der Waals surface area contributed by atoms with Crippen molar-refractivity contribution in [3.63, 3.8) is 0 Å². The Labute approximate surface area is 435 Å². The molecule has 0 aliphatic rings. The Morgan fingerprint density at radius 3 is 1.10 bits per heavy atom. The third-order valence-electron chi connectivity index (χ3n) is 13.8. The van der Waals surface area contributed by atoms with Crippen LogP contribution in [0.25, 0.3) is 0 Å². The first kappa shape index (κ1) is 67.6. The molecule has 0 aromatic carbocycles. The third-order valence-corrected chi connectivity index (χ3v) is 13.8. The fraction of sp³-hybridized carbons (Fsp3) is 0.812. The molecular formula is C64H117NO5. The molecule has 2 atom stereocenters. The average molecular weight is 981 g/mol. The molecule has 1 amide bonds. The van der Waals surface area contributed by atoms with Gasteiger partial charge in [0.05, 0.1) is 25.4 Å². The summed E-state index contributed by atoms with van der Waals surface area (Å²) < 4.78 is 5.47. The van der Waals surface area contributed by atoms with Gasteiger partial charge in [-0.1, -0.05) is 261 Å². The zero-order valence-electron chi connectivity index (χ0n) is 46.5. The lowest BCUT2D eigenvalue weighted by Crippen LogP contribution is -2.45. The van der Waals surface area contributed by atoms with Crippen LogP contribution in [-0.2, 0) is 14.3 Å². The number of carbonyl (C=O) groups excluding carboxylic acids is 2. The maximum Gasteiger partial charge on any atom is 0.305 e. The molecule has 3 N–H and O–H groups in total. The first-order valence-corrected chi connectivity index (χ1v) is 30.6. The van der Waals surface area contributed by atoms with E-state index in [9.17, 15) is 19.8 Å². The lowest BCUT2D eigenvalue weighted by molar-refractivity contribution is -0.143. The predicted molar refractivity (Wildman–Crippen MR) is 305 cm³/mol. The zero-order valence-corrected chi connectivity index (χ0v) is 46.5. The monoisotopic (exact) mass is 980 g/mol. The van der Waals surface area contributed by atoms with Crippen molar-refractivity contribution in [2.24, 2.45) is 0 Å². The van der Waals surface area contributed by atoms with Gasteiger partial charge < -0.3 is 20.3 Å². The number of ether oxygens (including phenoxy) is 1. The quantitative estimate of drug-likeness (QED) is 0.0321. The van der Waals surface area contributed by atoms with Gasteiger partial charge in [0.1, 0.15) is 0 Å². The summed E-state index contributed by atoms with van der Waals surface area (Å²) in [6.45, 7) is 4.86. The largest absolute Gasteiger partial charge is 0.466 e. The van der Waals surface area contributed by atoms with Crippen LogP contribution in [0.15, 0.2) is 60.8 Å². The molecule has 0 fully saturated rings. The first-order chi connectivity index (χ1) is 34.5. The van der Waals surface area contributed by atoms with Crippen LogP contribution < -0.4 is 5.32 Å². The zero-order chi connectivity index (χ0) is 50.7. The van der Waals surface area contributed by atoms with Crippen molar-refractivity contribution in [2.45, 2.75) is 321 Å². The molecule has 0 aliphatic carbocycles. The highest BCUT2D eigenvalue weighted by Gasteiger charge is 2.18. The van der Waals surface area contributed by atoms with Crippen LogP contribution in [0.5, 0.6) is 0 Å². The minimum Gasteiger partial charge on any atom is -0.466 e. The molecule has 70 heavy (non-hydrogen) atoms. The van der Waals surface area contributed by atoms with E-state index in [1.165, 1.54) is 225 Å². The van der Waals surface area contributed by atoms with Gasteiger partial charge in [-0.05, 0) is 96.3 Å². The summed E-state index contributed by atoms with van der Waals surface area (Å²) in [7, 11) is 0. The molecule has 6 heteroatoms.